The Labute approximate surface area is 114 Å². The molecule has 3 N–H and O–H groups in total. The quantitative estimate of drug-likeness (QED) is 0.825. The molecule has 0 heterocycles. The molecule has 0 saturated carbocycles. The van der Waals surface area contributed by atoms with E-state index in [1.807, 2.05) is 38.1 Å². The van der Waals surface area contributed by atoms with Gasteiger partial charge in [0.25, 0.3) is 5.91 Å². The number of benzene rings is 1. The van der Waals surface area contributed by atoms with Gasteiger partial charge in [0.1, 0.15) is 5.75 Å². The smallest absolute Gasteiger partial charge is 0.257 e. The van der Waals surface area contributed by atoms with Gasteiger partial charge in [-0.25, -0.2) is 0 Å². The Kier molecular flexibility index (Phi) is 8.16. The van der Waals surface area contributed by atoms with Gasteiger partial charge in [0.2, 0.25) is 0 Å². The van der Waals surface area contributed by atoms with Crippen molar-refractivity contribution in [3.05, 3.63) is 29.8 Å². The summed E-state index contributed by atoms with van der Waals surface area (Å²) in [5.41, 5.74) is 6.57. The highest BCUT2D eigenvalue weighted by molar-refractivity contribution is 5.85. The van der Waals surface area contributed by atoms with Gasteiger partial charge in [-0.05, 0) is 37.1 Å². The standard InChI is InChI=1S/C13H20N2O2.ClH/c1-10-4-3-5-12(6-10)17-9-13(16)15-8-11(2)7-14;/h3-6,11H,7-9,14H2,1-2H3,(H,15,16);1H. The first kappa shape index (κ1) is 16.7. The average molecular weight is 273 g/mol. The molecule has 1 atom stereocenters. The van der Waals surface area contributed by atoms with Crippen molar-refractivity contribution < 1.29 is 9.53 Å². The fourth-order valence-electron chi connectivity index (χ4n) is 1.28. The second kappa shape index (κ2) is 8.78. The molecular weight excluding hydrogens is 252 g/mol. The maximum absolute atomic E-state index is 11.4. The monoisotopic (exact) mass is 272 g/mol. The second-order valence-electron chi connectivity index (χ2n) is 4.25. The van der Waals surface area contributed by atoms with Crippen molar-refractivity contribution in [2.75, 3.05) is 19.7 Å². The molecule has 1 amide bonds. The van der Waals surface area contributed by atoms with Crippen molar-refractivity contribution in [2.24, 2.45) is 11.7 Å². The van der Waals surface area contributed by atoms with Crippen LogP contribution in [0.25, 0.3) is 0 Å². The summed E-state index contributed by atoms with van der Waals surface area (Å²) < 4.78 is 5.37. The molecule has 0 aliphatic heterocycles. The fraction of sp³-hybridized carbons (Fsp3) is 0.462. The van der Waals surface area contributed by atoms with Gasteiger partial charge < -0.3 is 15.8 Å². The normalized spacial score (nSPS) is 11.3. The summed E-state index contributed by atoms with van der Waals surface area (Å²) in [5.74, 6) is 0.886. The minimum Gasteiger partial charge on any atom is -0.484 e. The molecule has 18 heavy (non-hydrogen) atoms. The van der Waals surface area contributed by atoms with Crippen LogP contribution in [0.3, 0.4) is 0 Å². The lowest BCUT2D eigenvalue weighted by Gasteiger charge is -2.11. The SMILES string of the molecule is Cc1cccc(OCC(=O)NCC(C)CN)c1.Cl. The van der Waals surface area contributed by atoms with E-state index in [2.05, 4.69) is 5.32 Å². The molecule has 1 aromatic rings. The van der Waals surface area contributed by atoms with Crippen LogP contribution in [0.1, 0.15) is 12.5 Å². The van der Waals surface area contributed by atoms with Crippen LogP contribution >= 0.6 is 12.4 Å². The van der Waals surface area contributed by atoms with E-state index in [4.69, 9.17) is 10.5 Å². The van der Waals surface area contributed by atoms with Gasteiger partial charge in [0, 0.05) is 6.54 Å². The van der Waals surface area contributed by atoms with Crippen molar-refractivity contribution in [1.29, 1.82) is 0 Å². The number of nitrogens with two attached hydrogens (primary N) is 1. The van der Waals surface area contributed by atoms with Crippen molar-refractivity contribution in [1.82, 2.24) is 5.32 Å². The van der Waals surface area contributed by atoms with Gasteiger partial charge >= 0.3 is 0 Å². The second-order valence-corrected chi connectivity index (χ2v) is 4.25. The Morgan fingerprint density at radius 1 is 1.50 bits per heavy atom. The predicted octanol–water partition coefficient (Wildman–Crippen LogP) is 1.51. The lowest BCUT2D eigenvalue weighted by atomic mass is 10.2. The first-order chi connectivity index (χ1) is 8.11. The summed E-state index contributed by atoms with van der Waals surface area (Å²) in [7, 11) is 0. The number of nitrogens with one attached hydrogen (secondary N) is 1. The molecule has 4 nitrogen and oxygen atoms in total. The number of hydrogen-bond acceptors (Lipinski definition) is 3. The maximum atomic E-state index is 11.4. The van der Waals surface area contributed by atoms with Crippen molar-refractivity contribution >= 4 is 18.3 Å². The summed E-state index contributed by atoms with van der Waals surface area (Å²) >= 11 is 0. The third-order valence-corrected chi connectivity index (χ3v) is 2.41. The number of ether oxygens (including phenoxy) is 1. The van der Waals surface area contributed by atoms with Crippen molar-refractivity contribution in [2.45, 2.75) is 13.8 Å². The number of aryl methyl sites for hydroxylation is 1. The summed E-state index contributed by atoms with van der Waals surface area (Å²) in [6.45, 7) is 5.17. The van der Waals surface area contributed by atoms with Crippen LogP contribution in [-0.2, 0) is 4.79 Å². The van der Waals surface area contributed by atoms with Gasteiger partial charge in [-0.15, -0.1) is 12.4 Å². The maximum Gasteiger partial charge on any atom is 0.257 e. The van der Waals surface area contributed by atoms with E-state index < -0.39 is 0 Å². The van der Waals surface area contributed by atoms with E-state index >= 15 is 0 Å². The third kappa shape index (κ3) is 6.47. The zero-order valence-corrected chi connectivity index (χ0v) is 11.6. The number of carbonyl (C=O) groups is 1. The van der Waals surface area contributed by atoms with E-state index in [-0.39, 0.29) is 30.8 Å². The Balaban J connectivity index is 0.00000289. The predicted molar refractivity (Wildman–Crippen MR) is 75.2 cm³/mol. The Morgan fingerprint density at radius 2 is 2.22 bits per heavy atom. The molecule has 0 aliphatic rings. The van der Waals surface area contributed by atoms with E-state index in [0.29, 0.717) is 18.8 Å². The highest BCUT2D eigenvalue weighted by atomic mass is 35.5. The molecule has 1 rings (SSSR count). The molecule has 0 spiro atoms. The topological polar surface area (TPSA) is 64.3 Å². The molecule has 0 saturated heterocycles. The molecule has 0 radical (unpaired) electrons. The van der Waals surface area contributed by atoms with Crippen LogP contribution in [0.4, 0.5) is 0 Å². The lowest BCUT2D eigenvalue weighted by molar-refractivity contribution is -0.123. The molecular formula is C13H21ClN2O2. The van der Waals surface area contributed by atoms with Gasteiger partial charge in [-0.3, -0.25) is 4.79 Å². The fourth-order valence-corrected chi connectivity index (χ4v) is 1.28. The van der Waals surface area contributed by atoms with Crippen LogP contribution in [0.2, 0.25) is 0 Å². The molecule has 0 bridgehead atoms. The number of hydrogen-bond donors (Lipinski definition) is 2. The Bertz CT molecular complexity index is 372. The minimum atomic E-state index is -0.119. The van der Waals surface area contributed by atoms with Gasteiger partial charge in [0.15, 0.2) is 6.61 Å². The van der Waals surface area contributed by atoms with Crippen LogP contribution in [-0.4, -0.2) is 25.6 Å². The molecule has 1 unspecified atom stereocenters. The largest absolute Gasteiger partial charge is 0.484 e. The van der Waals surface area contributed by atoms with E-state index in [1.165, 1.54) is 0 Å². The van der Waals surface area contributed by atoms with Crippen molar-refractivity contribution in [3.8, 4) is 5.75 Å². The number of rotatable bonds is 6. The van der Waals surface area contributed by atoms with Crippen molar-refractivity contribution in [3.63, 3.8) is 0 Å². The average Bonchev–Trinajstić information content (AvgIpc) is 2.33. The van der Waals surface area contributed by atoms with E-state index in [0.717, 1.165) is 5.56 Å². The van der Waals surface area contributed by atoms with E-state index in [1.54, 1.807) is 0 Å². The minimum absolute atomic E-state index is 0. The first-order valence-corrected chi connectivity index (χ1v) is 5.78. The van der Waals surface area contributed by atoms with Crippen LogP contribution < -0.4 is 15.8 Å². The van der Waals surface area contributed by atoms with Crippen LogP contribution in [0.15, 0.2) is 24.3 Å². The molecule has 102 valence electrons. The Morgan fingerprint density at radius 3 is 2.83 bits per heavy atom. The van der Waals surface area contributed by atoms with Gasteiger partial charge in [0.05, 0.1) is 0 Å². The highest BCUT2D eigenvalue weighted by Gasteiger charge is 2.04. The Hall–Kier alpha value is -1.26. The highest BCUT2D eigenvalue weighted by Crippen LogP contribution is 2.11. The summed E-state index contributed by atoms with van der Waals surface area (Å²) in [6.07, 6.45) is 0. The van der Waals surface area contributed by atoms with Gasteiger partial charge in [-0.2, -0.15) is 0 Å². The number of carbonyl (C=O) groups excluding carboxylic acids is 1. The molecule has 0 fully saturated rings. The third-order valence-electron chi connectivity index (χ3n) is 2.41. The summed E-state index contributed by atoms with van der Waals surface area (Å²) in [6, 6.07) is 7.62. The van der Waals surface area contributed by atoms with Crippen LogP contribution in [0, 0.1) is 12.8 Å². The zero-order valence-electron chi connectivity index (χ0n) is 10.8. The number of amides is 1. The molecule has 0 aliphatic carbocycles. The summed E-state index contributed by atoms with van der Waals surface area (Å²) in [4.78, 5) is 11.4. The molecule has 5 heteroatoms. The molecule has 1 aromatic carbocycles. The molecule has 0 aromatic heterocycles. The summed E-state index contributed by atoms with van der Waals surface area (Å²) in [5, 5.41) is 2.77. The first-order valence-electron chi connectivity index (χ1n) is 5.78. The lowest BCUT2D eigenvalue weighted by Crippen LogP contribution is -2.34. The van der Waals surface area contributed by atoms with Gasteiger partial charge in [-0.1, -0.05) is 19.1 Å². The zero-order chi connectivity index (χ0) is 12.7. The number of halogens is 1. The van der Waals surface area contributed by atoms with Crippen LogP contribution in [0.5, 0.6) is 5.75 Å². The van der Waals surface area contributed by atoms with E-state index in [9.17, 15) is 4.79 Å².